The van der Waals surface area contributed by atoms with Gasteiger partial charge in [0.05, 0.1) is 12.7 Å². The molecule has 3 aliphatic rings. The molecule has 7 nitrogen and oxygen atoms in total. The monoisotopic (exact) mass is 384 g/mol. The number of morpholine rings is 1. The molecule has 3 atom stereocenters. The van der Waals surface area contributed by atoms with Gasteiger partial charge >= 0.3 is 5.63 Å². The number of amides is 1. The Balaban J connectivity index is 1.13. The number of rotatable bonds is 5. The lowest BCUT2D eigenvalue weighted by molar-refractivity contribution is -0.123. The lowest BCUT2D eigenvalue weighted by Gasteiger charge is -2.35. The van der Waals surface area contributed by atoms with Crippen molar-refractivity contribution in [3.8, 4) is 5.75 Å². The number of nitrogens with one attached hydrogen (secondary N) is 1. The van der Waals surface area contributed by atoms with E-state index in [9.17, 15) is 9.59 Å². The SMILES string of the molecule is O=C(COc1ccc2ccc(=O)oc2c1)N[C@@H]1C[C@H]2CO[C@H](C3CC3)CN2C1. The van der Waals surface area contributed by atoms with Gasteiger partial charge < -0.3 is 19.2 Å². The van der Waals surface area contributed by atoms with Gasteiger partial charge in [-0.2, -0.15) is 0 Å². The Labute approximate surface area is 162 Å². The molecule has 1 aliphatic carbocycles. The Bertz CT molecular complexity index is 938. The van der Waals surface area contributed by atoms with Gasteiger partial charge in [0.2, 0.25) is 0 Å². The summed E-state index contributed by atoms with van der Waals surface area (Å²) in [6, 6.07) is 8.82. The van der Waals surface area contributed by atoms with Crippen LogP contribution in [-0.4, -0.2) is 55.3 Å². The van der Waals surface area contributed by atoms with Crippen LogP contribution in [0.3, 0.4) is 0 Å². The fourth-order valence-electron chi connectivity index (χ4n) is 4.31. The van der Waals surface area contributed by atoms with E-state index < -0.39 is 5.63 Å². The lowest BCUT2D eigenvalue weighted by Crippen LogP contribution is -2.47. The number of benzene rings is 1. The van der Waals surface area contributed by atoms with Gasteiger partial charge in [0.15, 0.2) is 6.61 Å². The van der Waals surface area contributed by atoms with Crippen LogP contribution in [-0.2, 0) is 9.53 Å². The normalized spacial score (nSPS) is 27.5. The molecule has 7 heteroatoms. The van der Waals surface area contributed by atoms with E-state index >= 15 is 0 Å². The van der Waals surface area contributed by atoms with Crippen LogP contribution >= 0.6 is 0 Å². The molecular weight excluding hydrogens is 360 g/mol. The fraction of sp³-hybridized carbons (Fsp3) is 0.524. The number of nitrogens with zero attached hydrogens (tertiary/aromatic N) is 1. The quantitative estimate of drug-likeness (QED) is 0.788. The molecule has 0 spiro atoms. The molecule has 1 aromatic heterocycles. The van der Waals surface area contributed by atoms with E-state index in [1.165, 1.54) is 18.9 Å². The third kappa shape index (κ3) is 3.77. The molecule has 1 N–H and O–H groups in total. The maximum absolute atomic E-state index is 12.3. The summed E-state index contributed by atoms with van der Waals surface area (Å²) in [5.74, 6) is 1.11. The highest BCUT2D eigenvalue weighted by atomic mass is 16.5. The van der Waals surface area contributed by atoms with Crippen LogP contribution in [0.2, 0.25) is 0 Å². The van der Waals surface area contributed by atoms with E-state index in [1.54, 1.807) is 24.3 Å². The van der Waals surface area contributed by atoms with Crippen LogP contribution in [0.25, 0.3) is 11.0 Å². The van der Waals surface area contributed by atoms with Crippen LogP contribution in [0.5, 0.6) is 5.75 Å². The van der Waals surface area contributed by atoms with Crippen molar-refractivity contribution in [2.45, 2.75) is 37.5 Å². The van der Waals surface area contributed by atoms with Gasteiger partial charge in [-0.15, -0.1) is 0 Å². The summed E-state index contributed by atoms with van der Waals surface area (Å²) in [5.41, 5.74) is 0.0382. The number of hydrogen-bond acceptors (Lipinski definition) is 6. The average Bonchev–Trinajstić information content (AvgIpc) is 3.46. The molecule has 1 amide bonds. The molecule has 0 unspecified atom stereocenters. The second kappa shape index (κ2) is 7.22. The van der Waals surface area contributed by atoms with Crippen molar-refractivity contribution in [2.75, 3.05) is 26.3 Å². The van der Waals surface area contributed by atoms with Crippen LogP contribution in [0, 0.1) is 5.92 Å². The van der Waals surface area contributed by atoms with E-state index in [0.717, 1.165) is 37.4 Å². The fourth-order valence-corrected chi connectivity index (χ4v) is 4.31. The van der Waals surface area contributed by atoms with Crippen molar-refractivity contribution in [2.24, 2.45) is 5.92 Å². The first-order chi connectivity index (χ1) is 13.6. The van der Waals surface area contributed by atoms with Gasteiger partial charge in [-0.3, -0.25) is 9.69 Å². The minimum atomic E-state index is -0.409. The predicted octanol–water partition coefficient (Wildman–Crippen LogP) is 1.54. The zero-order valence-corrected chi connectivity index (χ0v) is 15.6. The largest absolute Gasteiger partial charge is 0.484 e. The molecule has 2 saturated heterocycles. The second-order valence-corrected chi connectivity index (χ2v) is 8.06. The second-order valence-electron chi connectivity index (χ2n) is 8.06. The number of fused-ring (bicyclic) bond motifs is 2. The number of ether oxygens (including phenoxy) is 2. The van der Waals surface area contributed by atoms with Gasteiger partial charge in [-0.1, -0.05) is 0 Å². The Morgan fingerprint density at radius 1 is 1.21 bits per heavy atom. The van der Waals surface area contributed by atoms with Gasteiger partial charge in [-0.25, -0.2) is 4.79 Å². The first kappa shape index (κ1) is 17.7. The molecule has 0 bridgehead atoms. The molecule has 0 radical (unpaired) electrons. The lowest BCUT2D eigenvalue weighted by atomic mass is 10.1. The summed E-state index contributed by atoms with van der Waals surface area (Å²) < 4.78 is 16.7. The Morgan fingerprint density at radius 3 is 2.93 bits per heavy atom. The summed E-state index contributed by atoms with van der Waals surface area (Å²) in [5, 5.41) is 3.89. The number of hydrogen-bond donors (Lipinski definition) is 1. The zero-order valence-electron chi connectivity index (χ0n) is 15.6. The molecule has 5 rings (SSSR count). The first-order valence-electron chi connectivity index (χ1n) is 9.96. The maximum atomic E-state index is 12.3. The molecule has 1 saturated carbocycles. The van der Waals surface area contributed by atoms with Crippen molar-refractivity contribution >= 4 is 16.9 Å². The van der Waals surface area contributed by atoms with Crippen LogP contribution < -0.4 is 15.7 Å². The molecule has 148 valence electrons. The summed E-state index contributed by atoms with van der Waals surface area (Å²) in [4.78, 5) is 26.1. The number of carbonyl (C=O) groups is 1. The molecule has 2 aliphatic heterocycles. The van der Waals surface area contributed by atoms with Gasteiger partial charge in [0.25, 0.3) is 5.91 Å². The number of carbonyl (C=O) groups excluding carboxylic acids is 1. The van der Waals surface area contributed by atoms with Crippen molar-refractivity contribution in [1.29, 1.82) is 0 Å². The van der Waals surface area contributed by atoms with Crippen molar-refractivity contribution in [3.05, 3.63) is 40.8 Å². The van der Waals surface area contributed by atoms with Crippen LogP contribution in [0.1, 0.15) is 19.3 Å². The summed E-state index contributed by atoms with van der Waals surface area (Å²) in [6.07, 6.45) is 3.88. The van der Waals surface area contributed by atoms with Crippen molar-refractivity contribution in [1.82, 2.24) is 10.2 Å². The highest BCUT2D eigenvalue weighted by Crippen LogP contribution is 2.37. The van der Waals surface area contributed by atoms with E-state index in [-0.39, 0.29) is 18.6 Å². The van der Waals surface area contributed by atoms with Gasteiger partial charge in [-0.05, 0) is 43.4 Å². The highest BCUT2D eigenvalue weighted by Gasteiger charge is 2.42. The third-order valence-corrected chi connectivity index (χ3v) is 5.92. The van der Waals surface area contributed by atoms with E-state index in [2.05, 4.69) is 10.2 Å². The molecule has 3 fully saturated rings. The van der Waals surface area contributed by atoms with Crippen LogP contribution in [0.15, 0.2) is 39.5 Å². The van der Waals surface area contributed by atoms with Crippen LogP contribution in [0.4, 0.5) is 0 Å². The predicted molar refractivity (Wildman–Crippen MR) is 102 cm³/mol. The van der Waals surface area contributed by atoms with E-state index in [1.807, 2.05) is 0 Å². The van der Waals surface area contributed by atoms with Crippen molar-refractivity contribution in [3.63, 3.8) is 0 Å². The first-order valence-corrected chi connectivity index (χ1v) is 9.96. The highest BCUT2D eigenvalue weighted by molar-refractivity contribution is 5.79. The molecule has 28 heavy (non-hydrogen) atoms. The maximum Gasteiger partial charge on any atom is 0.336 e. The van der Waals surface area contributed by atoms with Gasteiger partial charge in [0, 0.05) is 42.7 Å². The Hall–Kier alpha value is -2.38. The summed E-state index contributed by atoms with van der Waals surface area (Å²) in [7, 11) is 0. The smallest absolute Gasteiger partial charge is 0.336 e. The minimum Gasteiger partial charge on any atom is -0.484 e. The minimum absolute atomic E-state index is 0.0645. The summed E-state index contributed by atoms with van der Waals surface area (Å²) >= 11 is 0. The molecule has 3 heterocycles. The molecular formula is C21H24N2O5. The zero-order chi connectivity index (χ0) is 19.1. The standard InChI is InChI=1S/C21H24N2O5/c24-20(12-26-17-5-3-13-4-6-21(25)28-18(13)8-17)22-15-7-16-11-27-19(14-1-2-14)10-23(16)9-15/h3-6,8,14-16,19H,1-2,7,9-12H2,(H,22,24)/t15-,16+,19+/m1/s1. The molecule has 2 aromatic rings. The average molecular weight is 384 g/mol. The molecule has 1 aromatic carbocycles. The Morgan fingerprint density at radius 2 is 2.07 bits per heavy atom. The van der Waals surface area contributed by atoms with Crippen molar-refractivity contribution < 1.29 is 18.7 Å². The van der Waals surface area contributed by atoms with Gasteiger partial charge in [0.1, 0.15) is 11.3 Å². The third-order valence-electron chi connectivity index (χ3n) is 5.92. The topological polar surface area (TPSA) is 81.0 Å². The van der Waals surface area contributed by atoms with E-state index in [0.29, 0.717) is 23.5 Å². The summed E-state index contributed by atoms with van der Waals surface area (Å²) in [6.45, 7) is 2.57. The Kier molecular flexibility index (Phi) is 4.56. The van der Waals surface area contributed by atoms with E-state index in [4.69, 9.17) is 13.9 Å².